The number of thioether (sulfide) groups is 1. The number of para-hydroxylation sites is 2. The van der Waals surface area contributed by atoms with Crippen LogP contribution in [0.5, 0.6) is 11.5 Å². The third-order valence-corrected chi connectivity index (χ3v) is 9.14. The molecule has 0 spiro atoms. The van der Waals surface area contributed by atoms with Gasteiger partial charge in [-0.05, 0) is 71.8 Å². The molecule has 0 fully saturated rings. The number of amides is 1. The summed E-state index contributed by atoms with van der Waals surface area (Å²) in [6.07, 6.45) is 0. The van der Waals surface area contributed by atoms with Gasteiger partial charge in [-0.1, -0.05) is 99.3 Å². The quantitative estimate of drug-likeness (QED) is 0.135. The van der Waals surface area contributed by atoms with Crippen molar-refractivity contribution in [2.75, 3.05) is 17.2 Å². The van der Waals surface area contributed by atoms with Crippen molar-refractivity contribution in [1.82, 2.24) is 14.8 Å². The predicted molar refractivity (Wildman–Crippen MR) is 193 cm³/mol. The van der Waals surface area contributed by atoms with E-state index < -0.39 is 6.04 Å². The van der Waals surface area contributed by atoms with E-state index in [1.165, 1.54) is 23.4 Å². The van der Waals surface area contributed by atoms with Gasteiger partial charge in [0.25, 0.3) is 5.91 Å². The number of fused-ring (bicyclic) bond motifs is 1. The first kappa shape index (κ1) is 33.8. The molecular weight excluding hydrogens is 638 g/mol. The molecule has 0 saturated carbocycles. The van der Waals surface area contributed by atoms with Crippen molar-refractivity contribution in [3.8, 4) is 11.5 Å². The van der Waals surface area contributed by atoms with Gasteiger partial charge in [0.05, 0.1) is 17.9 Å². The van der Waals surface area contributed by atoms with Gasteiger partial charge in [-0.15, -0.1) is 5.10 Å². The SMILES string of the molecule is CCOc1ccccc1NC(=O)C1=C(C)Nc2nc(SCc3ccccc3F)nn2C1c1ccc(OCc2ccc(C(C)(C)C)cc2)cc1. The van der Waals surface area contributed by atoms with Crippen molar-refractivity contribution in [1.29, 1.82) is 0 Å². The number of nitrogens with one attached hydrogen (secondary N) is 2. The van der Waals surface area contributed by atoms with Crippen LogP contribution in [0.2, 0.25) is 0 Å². The van der Waals surface area contributed by atoms with Crippen molar-refractivity contribution < 1.29 is 18.7 Å². The van der Waals surface area contributed by atoms with E-state index in [2.05, 4.69) is 55.7 Å². The summed E-state index contributed by atoms with van der Waals surface area (Å²) in [6, 6.07) is 29.6. The Labute approximate surface area is 290 Å². The molecule has 1 aliphatic heterocycles. The van der Waals surface area contributed by atoms with Gasteiger partial charge in [0.1, 0.15) is 30.0 Å². The zero-order chi connectivity index (χ0) is 34.5. The number of benzene rings is 4. The molecule has 1 aliphatic rings. The zero-order valence-corrected chi connectivity index (χ0v) is 29.1. The Bertz CT molecular complexity index is 1970. The van der Waals surface area contributed by atoms with Crippen molar-refractivity contribution in [3.05, 3.63) is 136 Å². The van der Waals surface area contributed by atoms with Gasteiger partial charge >= 0.3 is 0 Å². The van der Waals surface area contributed by atoms with E-state index >= 15 is 0 Å². The fourth-order valence-corrected chi connectivity index (χ4v) is 6.42. The number of allylic oxidation sites excluding steroid dienone is 1. The molecule has 8 nitrogen and oxygen atoms in total. The Morgan fingerprint density at radius 2 is 1.67 bits per heavy atom. The number of anilines is 2. The molecule has 6 rings (SSSR count). The number of hydrogen-bond acceptors (Lipinski definition) is 7. The lowest BCUT2D eigenvalue weighted by Gasteiger charge is -2.29. The van der Waals surface area contributed by atoms with E-state index in [0.717, 1.165) is 11.1 Å². The molecule has 0 radical (unpaired) electrons. The molecule has 1 aromatic heterocycles. The standard InChI is InChI=1S/C39H40FN5O3S/c1-6-47-33-14-10-9-13-32(33)42-36(46)34-25(2)41-37-43-38(49-24-28-11-7-8-12-31(28)40)44-45(37)35(34)27-17-21-30(22-18-27)48-23-26-15-19-29(20-16-26)39(3,4)5/h7-22,35H,6,23-24H2,1-5H3,(H,42,46)(H,41,43,44). The first-order chi connectivity index (χ1) is 23.6. The fourth-order valence-electron chi connectivity index (χ4n) is 5.61. The van der Waals surface area contributed by atoms with Crippen LogP contribution in [-0.4, -0.2) is 27.3 Å². The normalized spacial score (nSPS) is 14.2. The van der Waals surface area contributed by atoms with Crippen molar-refractivity contribution >= 4 is 29.3 Å². The first-order valence-corrected chi connectivity index (χ1v) is 17.2. The van der Waals surface area contributed by atoms with E-state index in [1.54, 1.807) is 22.9 Å². The Balaban J connectivity index is 1.28. The summed E-state index contributed by atoms with van der Waals surface area (Å²) in [5.41, 5.74) is 5.50. The molecule has 252 valence electrons. The van der Waals surface area contributed by atoms with Gasteiger partial charge < -0.3 is 20.1 Å². The second-order valence-electron chi connectivity index (χ2n) is 12.8. The minimum absolute atomic E-state index is 0.0856. The molecule has 1 amide bonds. The number of carbonyl (C=O) groups excluding carboxylic acids is 1. The van der Waals surface area contributed by atoms with Gasteiger partial charge in [0, 0.05) is 11.4 Å². The van der Waals surface area contributed by atoms with Gasteiger partial charge in [-0.2, -0.15) is 4.98 Å². The summed E-state index contributed by atoms with van der Waals surface area (Å²) in [4.78, 5) is 18.8. The minimum Gasteiger partial charge on any atom is -0.492 e. The van der Waals surface area contributed by atoms with Crippen LogP contribution in [0.4, 0.5) is 16.0 Å². The molecular formula is C39H40FN5O3S. The Morgan fingerprint density at radius 3 is 2.39 bits per heavy atom. The van der Waals surface area contributed by atoms with Gasteiger partial charge in [0.2, 0.25) is 11.1 Å². The highest BCUT2D eigenvalue weighted by molar-refractivity contribution is 7.98. The Kier molecular flexibility index (Phi) is 10.1. The molecule has 2 heterocycles. The highest BCUT2D eigenvalue weighted by Crippen LogP contribution is 2.38. The maximum atomic E-state index is 14.4. The lowest BCUT2D eigenvalue weighted by Crippen LogP contribution is -2.31. The summed E-state index contributed by atoms with van der Waals surface area (Å²) in [6.45, 7) is 11.2. The second kappa shape index (κ2) is 14.6. The number of aromatic nitrogens is 3. The third kappa shape index (κ3) is 7.81. The molecule has 2 N–H and O–H groups in total. The van der Waals surface area contributed by atoms with Crippen molar-refractivity contribution in [2.45, 2.75) is 63.6 Å². The summed E-state index contributed by atoms with van der Waals surface area (Å²) in [7, 11) is 0. The fraction of sp³-hybridized carbons (Fsp3) is 0.256. The van der Waals surface area contributed by atoms with Gasteiger partial charge in [0.15, 0.2) is 0 Å². The molecule has 49 heavy (non-hydrogen) atoms. The van der Waals surface area contributed by atoms with Crippen molar-refractivity contribution in [2.24, 2.45) is 0 Å². The Hall–Kier alpha value is -5.09. The van der Waals surface area contributed by atoms with Crippen LogP contribution < -0.4 is 20.1 Å². The number of carbonyl (C=O) groups is 1. The molecule has 10 heteroatoms. The van der Waals surface area contributed by atoms with E-state index in [0.29, 0.717) is 64.1 Å². The summed E-state index contributed by atoms with van der Waals surface area (Å²) >= 11 is 1.33. The van der Waals surface area contributed by atoms with Crippen LogP contribution >= 0.6 is 11.8 Å². The van der Waals surface area contributed by atoms with Crippen LogP contribution in [-0.2, 0) is 22.6 Å². The monoisotopic (exact) mass is 677 g/mol. The van der Waals surface area contributed by atoms with Crippen LogP contribution in [0.3, 0.4) is 0 Å². The smallest absolute Gasteiger partial charge is 0.255 e. The number of nitrogens with zero attached hydrogens (tertiary/aromatic N) is 3. The van der Waals surface area contributed by atoms with Gasteiger partial charge in [-0.3, -0.25) is 4.79 Å². The molecule has 0 aliphatic carbocycles. The van der Waals surface area contributed by atoms with Crippen LogP contribution in [0, 0.1) is 5.82 Å². The second-order valence-corrected chi connectivity index (χ2v) is 13.7. The maximum Gasteiger partial charge on any atom is 0.255 e. The largest absolute Gasteiger partial charge is 0.492 e. The third-order valence-electron chi connectivity index (χ3n) is 8.25. The lowest BCUT2D eigenvalue weighted by molar-refractivity contribution is -0.113. The molecule has 5 aromatic rings. The number of halogens is 1. The molecule has 0 bridgehead atoms. The average Bonchev–Trinajstić information content (AvgIpc) is 3.49. The highest BCUT2D eigenvalue weighted by Gasteiger charge is 2.35. The van der Waals surface area contributed by atoms with E-state index in [4.69, 9.17) is 19.6 Å². The molecule has 1 unspecified atom stereocenters. The highest BCUT2D eigenvalue weighted by atomic mass is 32.2. The summed E-state index contributed by atoms with van der Waals surface area (Å²) in [5.74, 6) is 1.56. The number of hydrogen-bond donors (Lipinski definition) is 2. The van der Waals surface area contributed by atoms with Gasteiger partial charge in [-0.25, -0.2) is 9.07 Å². The van der Waals surface area contributed by atoms with Crippen LogP contribution in [0.15, 0.2) is 113 Å². The number of ether oxygens (including phenoxy) is 2. The predicted octanol–water partition coefficient (Wildman–Crippen LogP) is 8.91. The topological polar surface area (TPSA) is 90.3 Å². The average molecular weight is 678 g/mol. The summed E-state index contributed by atoms with van der Waals surface area (Å²) in [5, 5.41) is 11.6. The van der Waals surface area contributed by atoms with E-state index in [-0.39, 0.29) is 17.1 Å². The first-order valence-electron chi connectivity index (χ1n) is 16.3. The van der Waals surface area contributed by atoms with Crippen LogP contribution in [0.25, 0.3) is 0 Å². The minimum atomic E-state index is -0.607. The molecule has 1 atom stereocenters. The lowest BCUT2D eigenvalue weighted by atomic mass is 9.87. The number of rotatable bonds is 11. The zero-order valence-electron chi connectivity index (χ0n) is 28.3. The summed E-state index contributed by atoms with van der Waals surface area (Å²) < 4.78 is 28.0. The Morgan fingerprint density at radius 1 is 0.959 bits per heavy atom. The van der Waals surface area contributed by atoms with Crippen LogP contribution in [0.1, 0.15) is 62.9 Å². The van der Waals surface area contributed by atoms with E-state index in [9.17, 15) is 9.18 Å². The molecule has 0 saturated heterocycles. The van der Waals surface area contributed by atoms with Crippen molar-refractivity contribution in [3.63, 3.8) is 0 Å². The van der Waals surface area contributed by atoms with E-state index in [1.807, 2.05) is 62.4 Å². The molecule has 4 aromatic carbocycles. The maximum absolute atomic E-state index is 14.4.